The van der Waals surface area contributed by atoms with Gasteiger partial charge < -0.3 is 23.1 Å². The Hall–Kier alpha value is -0.516. The van der Waals surface area contributed by atoms with Gasteiger partial charge in [-0.1, -0.05) is 81.7 Å². The van der Waals surface area contributed by atoms with Crippen molar-refractivity contribution in [3.8, 4) is 0 Å². The second kappa shape index (κ2) is 15.6. The van der Waals surface area contributed by atoms with Crippen molar-refractivity contribution in [2.24, 2.45) is 46.3 Å². The molecule has 0 saturated heterocycles. The van der Waals surface area contributed by atoms with Gasteiger partial charge in [0.2, 0.25) is 0 Å². The molecule has 0 aliphatic heterocycles. The van der Waals surface area contributed by atoms with Crippen LogP contribution in [0.5, 0.6) is 0 Å². The van der Waals surface area contributed by atoms with Gasteiger partial charge in [0.1, 0.15) is 12.9 Å². The number of fused-ring (bicyclic) bond motifs is 5. The molecule has 296 valence electrons. The first-order valence-corrected chi connectivity index (χ1v) is 26.5. The first-order chi connectivity index (χ1) is 23.3. The Morgan fingerprint density at radius 1 is 0.922 bits per heavy atom. The van der Waals surface area contributed by atoms with Crippen molar-refractivity contribution in [1.29, 1.82) is 0 Å². The molecule has 0 aromatic carbocycles. The Balaban J connectivity index is 1.82. The summed E-state index contributed by atoms with van der Waals surface area (Å²) in [6, 6.07) is 0. The van der Waals surface area contributed by atoms with Gasteiger partial charge in [0.05, 0.1) is 12.2 Å². The SMILES string of the molecule is COCO[C@H]1CC[C@@]2(C)[C@H](C1)[C@@H](OC(C)=O)C=C1[C@@H]2[C@H](O[Si](C)(C)C(C)(C)C)C[C@]2(C)[C@@H]([C@H](C)[C@@H](CCC(C)C)O[Si](C)(C)C(C)(C)C)CC[C@@H]12. The molecule has 0 radical (unpaired) electrons. The molecule has 8 heteroatoms. The van der Waals surface area contributed by atoms with Crippen LogP contribution in [0.25, 0.3) is 0 Å². The maximum absolute atomic E-state index is 12.7. The van der Waals surface area contributed by atoms with Gasteiger partial charge >= 0.3 is 5.97 Å². The number of carbonyl (C=O) groups is 1. The van der Waals surface area contributed by atoms with Gasteiger partial charge in [-0.25, -0.2) is 0 Å². The van der Waals surface area contributed by atoms with Crippen molar-refractivity contribution < 1.29 is 27.9 Å². The van der Waals surface area contributed by atoms with Crippen LogP contribution in [0.3, 0.4) is 0 Å². The van der Waals surface area contributed by atoms with Crippen molar-refractivity contribution >= 4 is 22.6 Å². The standard InChI is InChI=1S/C43H80O6Si2/c1-28(2)18-21-36(48-50(14,15)40(5,6)7)29(3)33-19-20-34-32-25-37(47-30(4)44)35-24-31(46-27-45-13)22-23-42(35,11)39(32)38(26-43(33,34)12)49-51(16,17)41(8,9)10/h25,28-29,31,33-39H,18-24,26-27H2,1-17H3/t29-,31-,33+,34-,35+,36+,37-,38+,39+,42-,43+/m0/s1. The molecule has 0 bridgehead atoms. The molecule has 51 heavy (non-hydrogen) atoms. The molecular formula is C43H80O6Si2. The Morgan fingerprint density at radius 3 is 2.10 bits per heavy atom. The highest BCUT2D eigenvalue weighted by atomic mass is 28.4. The molecule has 0 aromatic heterocycles. The van der Waals surface area contributed by atoms with E-state index in [-0.39, 0.29) is 57.2 Å². The summed E-state index contributed by atoms with van der Waals surface area (Å²) in [7, 11) is -2.42. The maximum atomic E-state index is 12.7. The summed E-state index contributed by atoms with van der Waals surface area (Å²) in [5.74, 6) is 2.37. The summed E-state index contributed by atoms with van der Waals surface area (Å²) in [5, 5.41) is 0.278. The van der Waals surface area contributed by atoms with Gasteiger partial charge in [0.25, 0.3) is 0 Å². The van der Waals surface area contributed by atoms with E-state index in [9.17, 15) is 4.79 Å². The van der Waals surface area contributed by atoms with Gasteiger partial charge in [-0.05, 0) is 128 Å². The minimum absolute atomic E-state index is 0.0551. The van der Waals surface area contributed by atoms with E-state index in [1.54, 1.807) is 14.0 Å². The van der Waals surface area contributed by atoms with Crippen molar-refractivity contribution in [2.45, 2.75) is 195 Å². The third kappa shape index (κ3) is 8.82. The average Bonchev–Trinajstić information content (AvgIpc) is 3.32. The van der Waals surface area contributed by atoms with E-state index >= 15 is 0 Å². The predicted molar refractivity (Wildman–Crippen MR) is 216 cm³/mol. The number of ether oxygens (including phenoxy) is 3. The summed E-state index contributed by atoms with van der Waals surface area (Å²) in [5.41, 5.74) is 1.55. The quantitative estimate of drug-likeness (QED) is 0.0809. The van der Waals surface area contributed by atoms with Gasteiger partial charge in [0, 0.05) is 32.0 Å². The van der Waals surface area contributed by atoms with E-state index < -0.39 is 16.6 Å². The molecule has 0 amide bonds. The van der Waals surface area contributed by atoms with Crippen LogP contribution in [-0.2, 0) is 27.9 Å². The van der Waals surface area contributed by atoms with Crippen molar-refractivity contribution in [2.75, 3.05) is 13.9 Å². The fraction of sp³-hybridized carbons (Fsp3) is 0.930. The molecule has 3 fully saturated rings. The summed E-state index contributed by atoms with van der Waals surface area (Å²) < 4.78 is 32.9. The Morgan fingerprint density at radius 2 is 1.55 bits per heavy atom. The van der Waals surface area contributed by atoms with Gasteiger partial charge in [-0.2, -0.15) is 0 Å². The lowest BCUT2D eigenvalue weighted by molar-refractivity contribution is -0.170. The molecule has 11 atom stereocenters. The van der Waals surface area contributed by atoms with E-state index in [1.807, 2.05) is 0 Å². The van der Waals surface area contributed by atoms with Crippen LogP contribution < -0.4 is 0 Å². The highest BCUT2D eigenvalue weighted by Gasteiger charge is 2.65. The van der Waals surface area contributed by atoms with Crippen LogP contribution >= 0.6 is 0 Å². The topological polar surface area (TPSA) is 63.2 Å². The van der Waals surface area contributed by atoms with E-state index in [0.717, 1.165) is 32.1 Å². The number of hydrogen-bond donors (Lipinski definition) is 0. The van der Waals surface area contributed by atoms with Crippen LogP contribution in [0.1, 0.15) is 134 Å². The number of methoxy groups -OCH3 is 1. The molecule has 4 aliphatic rings. The highest BCUT2D eigenvalue weighted by molar-refractivity contribution is 6.74. The zero-order valence-corrected chi connectivity index (χ0v) is 38.2. The second-order valence-electron chi connectivity index (χ2n) is 21.4. The van der Waals surface area contributed by atoms with Crippen LogP contribution in [-0.4, -0.2) is 60.9 Å². The fourth-order valence-electron chi connectivity index (χ4n) is 10.5. The first-order valence-electron chi connectivity index (χ1n) is 20.6. The van der Waals surface area contributed by atoms with Crippen molar-refractivity contribution in [3.05, 3.63) is 11.6 Å². The lowest BCUT2D eigenvalue weighted by Crippen LogP contribution is -2.61. The Labute approximate surface area is 316 Å². The van der Waals surface area contributed by atoms with Crippen molar-refractivity contribution in [3.63, 3.8) is 0 Å². The molecule has 4 rings (SSSR count). The third-order valence-corrected chi connectivity index (χ3v) is 24.5. The molecule has 4 aliphatic carbocycles. The van der Waals surface area contributed by atoms with Crippen LogP contribution in [0.15, 0.2) is 11.6 Å². The lowest BCUT2D eigenvalue weighted by atomic mass is 9.46. The van der Waals surface area contributed by atoms with E-state index in [1.165, 1.54) is 24.8 Å². The number of rotatable bonds is 13. The molecule has 0 unspecified atom stereocenters. The highest BCUT2D eigenvalue weighted by Crippen LogP contribution is 2.68. The summed E-state index contributed by atoms with van der Waals surface area (Å²) in [4.78, 5) is 12.7. The number of hydrogen-bond acceptors (Lipinski definition) is 6. The van der Waals surface area contributed by atoms with Crippen LogP contribution in [0, 0.1) is 46.3 Å². The van der Waals surface area contributed by atoms with Crippen LogP contribution in [0.4, 0.5) is 0 Å². The molecule has 0 spiro atoms. The van der Waals surface area contributed by atoms with Crippen molar-refractivity contribution in [1.82, 2.24) is 0 Å². The second-order valence-corrected chi connectivity index (χ2v) is 30.9. The minimum atomic E-state index is -2.13. The zero-order valence-electron chi connectivity index (χ0n) is 36.2. The maximum Gasteiger partial charge on any atom is 0.303 e. The van der Waals surface area contributed by atoms with Gasteiger partial charge in [-0.15, -0.1) is 0 Å². The van der Waals surface area contributed by atoms with Crippen LogP contribution in [0.2, 0.25) is 36.3 Å². The van der Waals surface area contributed by atoms with E-state index in [2.05, 4.69) is 108 Å². The minimum Gasteiger partial charge on any atom is -0.458 e. The smallest absolute Gasteiger partial charge is 0.303 e. The van der Waals surface area contributed by atoms with E-state index in [4.69, 9.17) is 23.1 Å². The first kappa shape index (κ1) is 43.2. The average molecular weight is 749 g/mol. The zero-order chi connectivity index (χ0) is 38.5. The molecule has 3 saturated carbocycles. The number of carbonyl (C=O) groups excluding carboxylic acids is 1. The molecular weight excluding hydrogens is 669 g/mol. The Bertz CT molecular complexity index is 1230. The summed E-state index contributed by atoms with van der Waals surface area (Å²) in [6.07, 6.45) is 11.4. The van der Waals surface area contributed by atoms with Gasteiger partial charge in [0.15, 0.2) is 16.6 Å². The summed E-state index contributed by atoms with van der Waals surface area (Å²) >= 11 is 0. The number of esters is 1. The molecule has 6 nitrogen and oxygen atoms in total. The largest absolute Gasteiger partial charge is 0.458 e. The monoisotopic (exact) mass is 749 g/mol. The third-order valence-electron chi connectivity index (χ3n) is 15.5. The summed E-state index contributed by atoms with van der Waals surface area (Å²) in [6.45, 7) is 38.2. The Kier molecular flexibility index (Phi) is 13.2. The molecule has 0 aromatic rings. The molecule has 0 heterocycles. The molecule has 0 N–H and O–H groups in total. The lowest BCUT2D eigenvalue weighted by Gasteiger charge is -2.62. The fourth-order valence-corrected chi connectivity index (χ4v) is 13.3. The van der Waals surface area contributed by atoms with Gasteiger partial charge in [-0.3, -0.25) is 4.79 Å². The normalized spacial score (nSPS) is 35.8. The van der Waals surface area contributed by atoms with E-state index in [0.29, 0.717) is 36.4 Å². The predicted octanol–water partition coefficient (Wildman–Crippen LogP) is 11.6.